The van der Waals surface area contributed by atoms with Crippen molar-refractivity contribution in [3.8, 4) is 6.07 Å². The Kier molecular flexibility index (Phi) is 10.8. The van der Waals surface area contributed by atoms with E-state index in [2.05, 4.69) is 5.32 Å². The van der Waals surface area contributed by atoms with Crippen LogP contribution in [0.1, 0.15) is 69.4 Å². The third-order valence-electron chi connectivity index (χ3n) is 6.29. The summed E-state index contributed by atoms with van der Waals surface area (Å²) in [6.07, 6.45) is -4.84. The topological polar surface area (TPSA) is 143 Å². The summed E-state index contributed by atoms with van der Waals surface area (Å²) >= 11 is -2.15. The first kappa shape index (κ1) is 36.6. The van der Waals surface area contributed by atoms with Gasteiger partial charge in [0.05, 0.1) is 0 Å². The second-order valence-electron chi connectivity index (χ2n) is 12.5. The van der Waals surface area contributed by atoms with E-state index in [1.807, 2.05) is 6.07 Å². The number of nitrogens with zero attached hydrogens (tertiary/aromatic N) is 2. The molecule has 0 bridgehead atoms. The van der Waals surface area contributed by atoms with Gasteiger partial charge in [0.25, 0.3) is 0 Å². The predicted octanol–water partition coefficient (Wildman–Crippen LogP) is 5.93. The molecule has 0 aliphatic carbocycles. The van der Waals surface area contributed by atoms with Gasteiger partial charge < -0.3 is 0 Å². The Morgan fingerprint density at radius 1 is 1.02 bits per heavy atom. The molecule has 46 heavy (non-hydrogen) atoms. The molecule has 2 aromatic rings. The van der Waals surface area contributed by atoms with Gasteiger partial charge in [0, 0.05) is 0 Å². The Morgan fingerprint density at radius 3 is 2.20 bits per heavy atom. The van der Waals surface area contributed by atoms with E-state index in [1.165, 1.54) is 24.3 Å². The van der Waals surface area contributed by atoms with Crippen LogP contribution in [0.4, 0.5) is 28.4 Å². The van der Waals surface area contributed by atoms with Gasteiger partial charge in [-0.2, -0.15) is 0 Å². The number of hydrogen-bond acceptors (Lipinski definition) is 9. The standard InChI is InChI=1S/C31H35AsF3N3O7S/c1-29(2,3)44-27(40)32-25(21-12-11-18(17-36)15-23(21)46(7,42)43)24-22(37-20-10-8-9-19(16-20)31(33,34)35)13-14-38(26(24)39)28(41)45-30(4,5)6/h8-12,15-16,25,32,37H,13-14H2,1-7H3. The summed E-state index contributed by atoms with van der Waals surface area (Å²) < 4.78 is 75.7. The summed E-state index contributed by atoms with van der Waals surface area (Å²) in [5.74, 6) is -0.920. The van der Waals surface area contributed by atoms with E-state index in [9.17, 15) is 41.2 Å². The number of carbonyl (C=O) groups is 3. The summed E-state index contributed by atoms with van der Waals surface area (Å²) in [5.41, 5.74) is -3.02. The molecule has 0 spiro atoms. The Balaban J connectivity index is 2.34. The third-order valence-corrected chi connectivity index (χ3v) is 10.0. The number of hydrogen-bond donors (Lipinski definition) is 1. The van der Waals surface area contributed by atoms with Crippen LogP contribution in [0.5, 0.6) is 0 Å². The Bertz CT molecular complexity index is 1720. The van der Waals surface area contributed by atoms with Gasteiger partial charge in [0.1, 0.15) is 0 Å². The van der Waals surface area contributed by atoms with Gasteiger partial charge >= 0.3 is 273 Å². The average molecular weight is 726 g/mol. The number of nitrogens with one attached hydrogen (secondary N) is 1. The third kappa shape index (κ3) is 9.59. The van der Waals surface area contributed by atoms with E-state index in [-0.39, 0.29) is 45.9 Å². The number of carbonyl (C=O) groups excluding carboxylic acids is 3. The zero-order chi connectivity index (χ0) is 34.8. The molecule has 2 amide bonds. The second-order valence-corrected chi connectivity index (χ2v) is 17.2. The average Bonchev–Trinajstić information content (AvgIpc) is 2.89. The molecule has 0 fully saturated rings. The normalized spacial score (nSPS) is 15.5. The molecule has 10 nitrogen and oxygen atoms in total. The molecule has 0 saturated carbocycles. The fourth-order valence-electron chi connectivity index (χ4n) is 4.49. The fraction of sp³-hybridized carbons (Fsp3) is 0.419. The van der Waals surface area contributed by atoms with Crippen LogP contribution in [0.25, 0.3) is 0 Å². The van der Waals surface area contributed by atoms with Crippen molar-refractivity contribution in [2.45, 2.75) is 74.9 Å². The number of sulfone groups is 1. The van der Waals surface area contributed by atoms with E-state index in [1.54, 1.807) is 41.5 Å². The monoisotopic (exact) mass is 725 g/mol. The molecular formula is C31H35AsF3N3O7S. The van der Waals surface area contributed by atoms with Crippen LogP contribution in [-0.2, 0) is 30.3 Å². The molecule has 1 aliphatic heterocycles. The SMILES string of the molecule is CC(C)(C)OC(=O)[AsH]C(C1=C(Nc2cccc(C(F)(F)F)c2)CCN(C(=O)OC(C)(C)C)C1=O)c1ccc(C#N)cc1S(C)(=O)=O. The molecule has 2 atom stereocenters. The first-order valence-electron chi connectivity index (χ1n) is 14.0. The zero-order valence-electron chi connectivity index (χ0n) is 26.3. The summed E-state index contributed by atoms with van der Waals surface area (Å²) in [4.78, 5) is 41.3. The van der Waals surface area contributed by atoms with Crippen molar-refractivity contribution in [1.82, 2.24) is 4.90 Å². The summed E-state index contributed by atoms with van der Waals surface area (Å²) in [6.45, 7) is 9.48. The quantitative estimate of drug-likeness (QED) is 0.344. The predicted molar refractivity (Wildman–Crippen MR) is 165 cm³/mol. The summed E-state index contributed by atoms with van der Waals surface area (Å²) in [5, 5.41) is 12.4. The van der Waals surface area contributed by atoms with Crippen molar-refractivity contribution < 1.29 is 45.4 Å². The Hall–Kier alpha value is -3.82. The van der Waals surface area contributed by atoms with Crippen LogP contribution >= 0.6 is 0 Å². The first-order chi connectivity index (χ1) is 21.0. The molecule has 2 aromatic carbocycles. The van der Waals surface area contributed by atoms with E-state index in [0.717, 1.165) is 29.4 Å². The van der Waals surface area contributed by atoms with Gasteiger partial charge in [-0.3, -0.25) is 0 Å². The number of alkyl halides is 3. The molecule has 0 saturated heterocycles. The van der Waals surface area contributed by atoms with E-state index in [4.69, 9.17) is 9.47 Å². The van der Waals surface area contributed by atoms with Gasteiger partial charge in [-0.05, 0) is 0 Å². The molecule has 1 heterocycles. The number of benzene rings is 2. The molecule has 1 aliphatic rings. The molecule has 248 valence electrons. The van der Waals surface area contributed by atoms with Crippen LogP contribution in [0, 0.1) is 11.3 Å². The molecular weight excluding hydrogens is 690 g/mol. The summed E-state index contributed by atoms with van der Waals surface area (Å²) in [6, 6.07) is 9.90. The van der Waals surface area contributed by atoms with Crippen molar-refractivity contribution in [1.29, 1.82) is 5.26 Å². The molecule has 0 radical (unpaired) electrons. The van der Waals surface area contributed by atoms with Crippen molar-refractivity contribution in [2.24, 2.45) is 0 Å². The zero-order valence-corrected chi connectivity index (χ0v) is 29.2. The van der Waals surface area contributed by atoms with Gasteiger partial charge in [0.15, 0.2) is 0 Å². The molecule has 3 rings (SSSR count). The Labute approximate surface area is 272 Å². The van der Waals surface area contributed by atoms with Crippen LogP contribution < -0.4 is 5.32 Å². The van der Waals surface area contributed by atoms with E-state index < -0.39 is 70.0 Å². The molecule has 0 aromatic heterocycles. The van der Waals surface area contributed by atoms with Crippen LogP contribution in [0.2, 0.25) is 0 Å². The van der Waals surface area contributed by atoms with Crippen LogP contribution in [0.15, 0.2) is 58.6 Å². The molecule has 2 unspecified atom stereocenters. The van der Waals surface area contributed by atoms with Gasteiger partial charge in [-0.15, -0.1) is 0 Å². The number of halogens is 3. The van der Waals surface area contributed by atoms with Gasteiger partial charge in [0.2, 0.25) is 0 Å². The fourth-order valence-corrected chi connectivity index (χ4v) is 8.71. The van der Waals surface area contributed by atoms with E-state index >= 15 is 0 Å². The molecule has 15 heteroatoms. The molecule has 1 N–H and O–H groups in total. The maximum absolute atomic E-state index is 14.3. The minimum absolute atomic E-state index is 0.00170. The van der Waals surface area contributed by atoms with E-state index in [0.29, 0.717) is 0 Å². The number of anilines is 1. The minimum atomic E-state index is -4.66. The van der Waals surface area contributed by atoms with Crippen LogP contribution in [-0.4, -0.2) is 69.8 Å². The van der Waals surface area contributed by atoms with Crippen molar-refractivity contribution in [3.05, 3.63) is 70.4 Å². The Morgan fingerprint density at radius 2 is 1.65 bits per heavy atom. The van der Waals surface area contributed by atoms with Crippen molar-refractivity contribution >= 4 is 48.0 Å². The number of nitriles is 1. The van der Waals surface area contributed by atoms with Crippen molar-refractivity contribution in [2.75, 3.05) is 18.1 Å². The van der Waals surface area contributed by atoms with Crippen molar-refractivity contribution in [3.63, 3.8) is 0 Å². The van der Waals surface area contributed by atoms with Gasteiger partial charge in [-0.1, -0.05) is 0 Å². The number of imide groups is 1. The maximum atomic E-state index is 14.3. The van der Waals surface area contributed by atoms with Gasteiger partial charge in [-0.25, -0.2) is 0 Å². The number of ether oxygens (including phenoxy) is 2. The summed E-state index contributed by atoms with van der Waals surface area (Å²) in [7, 11) is -4.06. The number of rotatable bonds is 7. The second kappa shape index (κ2) is 13.5. The number of amides is 2. The van der Waals surface area contributed by atoms with Crippen LogP contribution in [0.3, 0.4) is 0 Å². The first-order valence-corrected chi connectivity index (χ1v) is 18.1.